The third-order valence-corrected chi connectivity index (χ3v) is 2.22. The van der Waals surface area contributed by atoms with Crippen molar-refractivity contribution < 1.29 is 14.6 Å². The molecule has 1 aromatic rings. The van der Waals surface area contributed by atoms with Crippen LogP contribution in [0.5, 0.6) is 5.75 Å². The topological polar surface area (TPSA) is 58.6 Å². The van der Waals surface area contributed by atoms with Gasteiger partial charge in [-0.3, -0.25) is 4.79 Å². The number of para-hydroxylation sites is 1. The van der Waals surface area contributed by atoms with E-state index >= 15 is 0 Å². The molecule has 0 unspecified atom stereocenters. The van der Waals surface area contributed by atoms with Gasteiger partial charge in [-0.05, 0) is 25.0 Å². The lowest BCUT2D eigenvalue weighted by Crippen LogP contribution is -2.25. The van der Waals surface area contributed by atoms with Gasteiger partial charge < -0.3 is 15.2 Å². The molecule has 1 aromatic carbocycles. The number of carbonyl (C=O) groups is 1. The molecule has 0 fully saturated rings. The van der Waals surface area contributed by atoms with Crippen LogP contribution in [0.15, 0.2) is 30.3 Å². The Bertz CT molecular complexity index is 314. The first-order valence-electron chi connectivity index (χ1n) is 5.88. The molecule has 0 aliphatic carbocycles. The fourth-order valence-electron chi connectivity index (χ4n) is 1.33. The molecule has 2 N–H and O–H groups in total. The SMILES string of the molecule is O=C(CCCO)NCCCOc1ccccc1. The zero-order valence-electron chi connectivity index (χ0n) is 9.89. The Balaban J connectivity index is 1.99. The summed E-state index contributed by atoms with van der Waals surface area (Å²) in [5.74, 6) is 0.831. The van der Waals surface area contributed by atoms with E-state index in [2.05, 4.69) is 5.32 Å². The third kappa shape index (κ3) is 6.58. The van der Waals surface area contributed by atoms with Crippen LogP contribution in [0, 0.1) is 0 Å². The number of hydrogen-bond acceptors (Lipinski definition) is 3. The molecule has 0 aromatic heterocycles. The predicted molar refractivity (Wildman–Crippen MR) is 65.9 cm³/mol. The third-order valence-electron chi connectivity index (χ3n) is 2.22. The molecule has 0 aliphatic rings. The van der Waals surface area contributed by atoms with Crippen molar-refractivity contribution in [1.29, 1.82) is 0 Å². The number of aliphatic hydroxyl groups excluding tert-OH is 1. The largest absolute Gasteiger partial charge is 0.494 e. The smallest absolute Gasteiger partial charge is 0.220 e. The van der Waals surface area contributed by atoms with Gasteiger partial charge in [0.1, 0.15) is 5.75 Å². The zero-order valence-corrected chi connectivity index (χ0v) is 9.89. The van der Waals surface area contributed by atoms with Gasteiger partial charge in [0.15, 0.2) is 0 Å². The van der Waals surface area contributed by atoms with Crippen molar-refractivity contribution in [2.45, 2.75) is 19.3 Å². The van der Waals surface area contributed by atoms with Crippen molar-refractivity contribution in [2.75, 3.05) is 19.8 Å². The van der Waals surface area contributed by atoms with Crippen LogP contribution in [0.25, 0.3) is 0 Å². The quantitative estimate of drug-likeness (QED) is 0.671. The molecule has 4 nitrogen and oxygen atoms in total. The normalized spacial score (nSPS) is 9.94. The summed E-state index contributed by atoms with van der Waals surface area (Å²) in [4.78, 5) is 11.2. The van der Waals surface area contributed by atoms with E-state index in [-0.39, 0.29) is 12.5 Å². The van der Waals surface area contributed by atoms with Crippen molar-refractivity contribution in [3.63, 3.8) is 0 Å². The lowest BCUT2D eigenvalue weighted by molar-refractivity contribution is -0.121. The van der Waals surface area contributed by atoms with E-state index in [4.69, 9.17) is 9.84 Å². The van der Waals surface area contributed by atoms with E-state index in [0.717, 1.165) is 12.2 Å². The highest BCUT2D eigenvalue weighted by Crippen LogP contribution is 2.07. The van der Waals surface area contributed by atoms with Gasteiger partial charge in [-0.1, -0.05) is 18.2 Å². The van der Waals surface area contributed by atoms with Crippen molar-refractivity contribution in [1.82, 2.24) is 5.32 Å². The number of amides is 1. The van der Waals surface area contributed by atoms with Crippen molar-refractivity contribution >= 4 is 5.91 Å². The zero-order chi connectivity index (χ0) is 12.3. The van der Waals surface area contributed by atoms with Gasteiger partial charge in [-0.2, -0.15) is 0 Å². The van der Waals surface area contributed by atoms with Crippen LogP contribution in [0.2, 0.25) is 0 Å². The fourth-order valence-corrected chi connectivity index (χ4v) is 1.33. The summed E-state index contributed by atoms with van der Waals surface area (Å²) in [6.45, 7) is 1.26. The first kappa shape index (κ1) is 13.5. The van der Waals surface area contributed by atoms with Crippen molar-refractivity contribution in [3.05, 3.63) is 30.3 Å². The van der Waals surface area contributed by atoms with Gasteiger partial charge in [-0.25, -0.2) is 0 Å². The molecule has 1 rings (SSSR count). The number of benzene rings is 1. The molecule has 0 bridgehead atoms. The maximum atomic E-state index is 11.2. The molecule has 0 aliphatic heterocycles. The Hall–Kier alpha value is -1.55. The minimum absolute atomic E-state index is 0.0150. The molecule has 1 amide bonds. The Labute approximate surface area is 102 Å². The number of aliphatic hydroxyl groups is 1. The van der Waals surface area contributed by atoms with Gasteiger partial charge in [0.2, 0.25) is 5.91 Å². The molecule has 0 spiro atoms. The Morgan fingerprint density at radius 2 is 2.00 bits per heavy atom. The summed E-state index contributed by atoms with van der Waals surface area (Å²) in [5, 5.41) is 11.3. The van der Waals surface area contributed by atoms with Crippen LogP contribution >= 0.6 is 0 Å². The fraction of sp³-hybridized carbons (Fsp3) is 0.462. The summed E-state index contributed by atoms with van der Waals surface area (Å²) in [7, 11) is 0. The van der Waals surface area contributed by atoms with Crippen LogP contribution < -0.4 is 10.1 Å². The van der Waals surface area contributed by atoms with Gasteiger partial charge in [0.25, 0.3) is 0 Å². The van der Waals surface area contributed by atoms with Crippen molar-refractivity contribution in [2.24, 2.45) is 0 Å². The second-order valence-electron chi connectivity index (χ2n) is 3.69. The molecule has 0 saturated carbocycles. The first-order chi connectivity index (χ1) is 8.33. The van der Waals surface area contributed by atoms with Crippen LogP contribution in [0.3, 0.4) is 0 Å². The average Bonchev–Trinajstić information content (AvgIpc) is 2.37. The van der Waals surface area contributed by atoms with E-state index in [0.29, 0.717) is 26.0 Å². The number of nitrogens with one attached hydrogen (secondary N) is 1. The molecule has 0 saturated heterocycles. The van der Waals surface area contributed by atoms with Crippen molar-refractivity contribution in [3.8, 4) is 5.75 Å². The molecular formula is C13H19NO3. The second-order valence-corrected chi connectivity index (χ2v) is 3.69. The van der Waals surface area contributed by atoms with Crippen LogP contribution in [-0.2, 0) is 4.79 Å². The first-order valence-corrected chi connectivity index (χ1v) is 5.88. The maximum absolute atomic E-state index is 11.2. The predicted octanol–water partition coefficient (Wildman–Crippen LogP) is 1.34. The monoisotopic (exact) mass is 237 g/mol. The molecular weight excluding hydrogens is 218 g/mol. The van der Waals surface area contributed by atoms with Crippen LogP contribution in [0.1, 0.15) is 19.3 Å². The number of ether oxygens (including phenoxy) is 1. The highest BCUT2D eigenvalue weighted by Gasteiger charge is 1.99. The molecule has 0 heterocycles. The summed E-state index contributed by atoms with van der Waals surface area (Å²) >= 11 is 0. The highest BCUT2D eigenvalue weighted by atomic mass is 16.5. The van der Waals surface area contributed by atoms with E-state index in [1.54, 1.807) is 0 Å². The Morgan fingerprint density at radius 1 is 1.24 bits per heavy atom. The van der Waals surface area contributed by atoms with E-state index in [1.165, 1.54) is 0 Å². The molecule has 94 valence electrons. The summed E-state index contributed by atoms with van der Waals surface area (Å²) in [6.07, 6.45) is 1.68. The molecule has 4 heteroatoms. The lowest BCUT2D eigenvalue weighted by atomic mass is 10.3. The number of rotatable bonds is 8. The number of hydrogen-bond donors (Lipinski definition) is 2. The van der Waals surface area contributed by atoms with Crippen LogP contribution in [-0.4, -0.2) is 30.8 Å². The van der Waals surface area contributed by atoms with E-state index < -0.39 is 0 Å². The Morgan fingerprint density at radius 3 is 2.71 bits per heavy atom. The summed E-state index contributed by atoms with van der Waals surface area (Å²) < 4.78 is 5.48. The summed E-state index contributed by atoms with van der Waals surface area (Å²) in [5.41, 5.74) is 0. The average molecular weight is 237 g/mol. The second kappa shape index (κ2) is 8.58. The molecule has 0 radical (unpaired) electrons. The van der Waals surface area contributed by atoms with Gasteiger partial charge in [-0.15, -0.1) is 0 Å². The van der Waals surface area contributed by atoms with Gasteiger partial charge in [0.05, 0.1) is 6.61 Å². The van der Waals surface area contributed by atoms with Gasteiger partial charge in [0, 0.05) is 19.6 Å². The lowest BCUT2D eigenvalue weighted by Gasteiger charge is -2.06. The van der Waals surface area contributed by atoms with E-state index in [9.17, 15) is 4.79 Å². The maximum Gasteiger partial charge on any atom is 0.220 e. The van der Waals surface area contributed by atoms with E-state index in [1.807, 2.05) is 30.3 Å². The number of carbonyl (C=O) groups excluding carboxylic acids is 1. The molecule has 0 atom stereocenters. The molecule has 17 heavy (non-hydrogen) atoms. The van der Waals surface area contributed by atoms with Gasteiger partial charge >= 0.3 is 0 Å². The Kier molecular flexibility index (Phi) is 6.82. The van der Waals surface area contributed by atoms with Crippen LogP contribution in [0.4, 0.5) is 0 Å². The minimum atomic E-state index is -0.0150. The highest BCUT2D eigenvalue weighted by molar-refractivity contribution is 5.75. The summed E-state index contributed by atoms with van der Waals surface area (Å²) in [6, 6.07) is 9.59. The standard InChI is InChI=1S/C13H19NO3/c15-10-4-8-13(16)14-9-5-11-17-12-6-2-1-3-7-12/h1-3,6-7,15H,4-5,8-11H2,(H,14,16). The minimum Gasteiger partial charge on any atom is -0.494 e.